The van der Waals surface area contributed by atoms with Gasteiger partial charge in [-0.25, -0.2) is 0 Å². The summed E-state index contributed by atoms with van der Waals surface area (Å²) in [5.41, 5.74) is 1.80. The van der Waals surface area contributed by atoms with Gasteiger partial charge in [-0.3, -0.25) is 4.79 Å². The number of para-hydroxylation sites is 1. The first kappa shape index (κ1) is 13.6. The monoisotopic (exact) mass is 259 g/mol. The van der Waals surface area contributed by atoms with Crippen LogP contribution in [-0.4, -0.2) is 42.6 Å². The summed E-state index contributed by atoms with van der Waals surface area (Å²) in [5.74, 6) is -0.00236. The van der Waals surface area contributed by atoms with Gasteiger partial charge in [0.1, 0.15) is 5.69 Å². The van der Waals surface area contributed by atoms with Gasteiger partial charge in [0.2, 0.25) is 0 Å². The van der Waals surface area contributed by atoms with E-state index in [9.17, 15) is 4.79 Å². The molecule has 4 heteroatoms. The van der Waals surface area contributed by atoms with E-state index in [1.165, 1.54) is 0 Å². The predicted molar refractivity (Wildman–Crippen MR) is 78.4 cm³/mol. The van der Waals surface area contributed by atoms with Crippen molar-refractivity contribution in [1.82, 2.24) is 14.8 Å². The zero-order chi connectivity index (χ0) is 13.8. The van der Waals surface area contributed by atoms with Crippen LogP contribution in [-0.2, 0) is 7.05 Å². The number of carbonyl (C=O) groups is 1. The molecule has 0 atom stereocenters. The van der Waals surface area contributed by atoms with Crippen LogP contribution in [0.25, 0.3) is 10.9 Å². The van der Waals surface area contributed by atoms with Crippen molar-refractivity contribution in [3.63, 3.8) is 0 Å². The molecule has 0 saturated heterocycles. The number of carbonyl (C=O) groups excluding carboxylic acids is 1. The molecule has 0 aliphatic rings. The molecule has 1 aromatic carbocycles. The number of hydrogen-bond donors (Lipinski definition) is 1. The van der Waals surface area contributed by atoms with Gasteiger partial charge in [-0.1, -0.05) is 18.2 Å². The summed E-state index contributed by atoms with van der Waals surface area (Å²) in [5, 5.41) is 4.07. The quantitative estimate of drug-likeness (QED) is 0.832. The normalized spacial score (nSPS) is 11.2. The van der Waals surface area contributed by atoms with E-state index in [2.05, 4.69) is 10.2 Å². The van der Waals surface area contributed by atoms with Gasteiger partial charge in [-0.05, 0) is 39.2 Å². The molecule has 4 nitrogen and oxygen atoms in total. The fraction of sp³-hybridized carbons (Fsp3) is 0.400. The van der Waals surface area contributed by atoms with Crippen LogP contribution in [0, 0.1) is 0 Å². The van der Waals surface area contributed by atoms with Gasteiger partial charge in [-0.15, -0.1) is 0 Å². The molecular formula is C15H21N3O. The SMILES string of the molecule is CN(C)CCCNC(=O)c1cc2ccccc2n1C. The fourth-order valence-electron chi connectivity index (χ4n) is 2.19. The van der Waals surface area contributed by atoms with Crippen LogP contribution < -0.4 is 5.32 Å². The number of nitrogens with one attached hydrogen (secondary N) is 1. The van der Waals surface area contributed by atoms with E-state index in [1.807, 2.05) is 56.0 Å². The molecule has 0 saturated carbocycles. The average Bonchev–Trinajstić information content (AvgIpc) is 2.72. The van der Waals surface area contributed by atoms with Crippen molar-refractivity contribution < 1.29 is 4.79 Å². The van der Waals surface area contributed by atoms with Gasteiger partial charge in [0.15, 0.2) is 0 Å². The van der Waals surface area contributed by atoms with Crippen LogP contribution >= 0.6 is 0 Å². The zero-order valence-corrected chi connectivity index (χ0v) is 11.8. The third kappa shape index (κ3) is 3.15. The molecule has 0 aliphatic carbocycles. The van der Waals surface area contributed by atoms with Crippen molar-refractivity contribution in [1.29, 1.82) is 0 Å². The number of rotatable bonds is 5. The molecule has 2 aromatic rings. The number of fused-ring (bicyclic) bond motifs is 1. The number of aryl methyl sites for hydroxylation is 1. The van der Waals surface area contributed by atoms with Gasteiger partial charge in [0.05, 0.1) is 0 Å². The maximum Gasteiger partial charge on any atom is 0.267 e. The predicted octanol–water partition coefficient (Wildman–Crippen LogP) is 1.86. The molecule has 1 amide bonds. The Labute approximate surface area is 114 Å². The van der Waals surface area contributed by atoms with Crippen molar-refractivity contribution >= 4 is 16.8 Å². The van der Waals surface area contributed by atoms with Crippen LogP contribution in [0.15, 0.2) is 30.3 Å². The maximum atomic E-state index is 12.1. The summed E-state index contributed by atoms with van der Waals surface area (Å²) in [6.07, 6.45) is 0.961. The van der Waals surface area contributed by atoms with E-state index in [-0.39, 0.29) is 5.91 Å². The Morgan fingerprint density at radius 3 is 2.74 bits per heavy atom. The minimum absolute atomic E-state index is 0.00236. The molecule has 0 unspecified atom stereocenters. The number of hydrogen-bond acceptors (Lipinski definition) is 2. The Balaban J connectivity index is 2.03. The summed E-state index contributed by atoms with van der Waals surface area (Å²) in [4.78, 5) is 14.2. The van der Waals surface area contributed by atoms with E-state index in [0.717, 1.165) is 23.9 Å². The van der Waals surface area contributed by atoms with Gasteiger partial charge >= 0.3 is 0 Å². The van der Waals surface area contributed by atoms with Gasteiger partial charge < -0.3 is 14.8 Å². The second-order valence-corrected chi connectivity index (χ2v) is 5.06. The Kier molecular flexibility index (Phi) is 4.22. The molecule has 0 spiro atoms. The Bertz CT molecular complexity index is 572. The van der Waals surface area contributed by atoms with Crippen molar-refractivity contribution in [2.45, 2.75) is 6.42 Å². The zero-order valence-electron chi connectivity index (χ0n) is 11.8. The highest BCUT2D eigenvalue weighted by atomic mass is 16.1. The van der Waals surface area contributed by atoms with E-state index in [1.54, 1.807) is 0 Å². The van der Waals surface area contributed by atoms with Gasteiger partial charge in [0, 0.05) is 24.5 Å². The minimum atomic E-state index is -0.00236. The molecule has 1 N–H and O–H groups in total. The first-order chi connectivity index (χ1) is 9.09. The largest absolute Gasteiger partial charge is 0.351 e. The molecule has 2 rings (SSSR count). The number of benzene rings is 1. The number of nitrogens with zero attached hydrogens (tertiary/aromatic N) is 2. The molecule has 0 radical (unpaired) electrons. The first-order valence-electron chi connectivity index (χ1n) is 6.57. The average molecular weight is 259 g/mol. The lowest BCUT2D eigenvalue weighted by molar-refractivity contribution is 0.0944. The number of aromatic nitrogens is 1. The van der Waals surface area contributed by atoms with Crippen LogP contribution in [0.1, 0.15) is 16.9 Å². The summed E-state index contributed by atoms with van der Waals surface area (Å²) in [6, 6.07) is 9.97. The second-order valence-electron chi connectivity index (χ2n) is 5.06. The summed E-state index contributed by atoms with van der Waals surface area (Å²) in [7, 11) is 5.99. The molecule has 102 valence electrons. The standard InChI is InChI=1S/C15H21N3O/c1-17(2)10-6-9-16-15(19)14-11-12-7-4-5-8-13(12)18(14)3/h4-5,7-8,11H,6,9-10H2,1-3H3,(H,16,19). The second kappa shape index (κ2) is 5.89. The highest BCUT2D eigenvalue weighted by molar-refractivity contribution is 5.98. The van der Waals surface area contributed by atoms with E-state index < -0.39 is 0 Å². The lowest BCUT2D eigenvalue weighted by Gasteiger charge is -2.10. The highest BCUT2D eigenvalue weighted by Gasteiger charge is 2.12. The Hall–Kier alpha value is -1.81. The lowest BCUT2D eigenvalue weighted by Crippen LogP contribution is -2.28. The Morgan fingerprint density at radius 1 is 1.32 bits per heavy atom. The van der Waals surface area contributed by atoms with Crippen molar-refractivity contribution in [3.8, 4) is 0 Å². The van der Waals surface area contributed by atoms with Crippen molar-refractivity contribution in [2.75, 3.05) is 27.2 Å². The summed E-state index contributed by atoms with van der Waals surface area (Å²) in [6.45, 7) is 1.69. The van der Waals surface area contributed by atoms with E-state index in [4.69, 9.17) is 0 Å². The van der Waals surface area contributed by atoms with Gasteiger partial charge in [0.25, 0.3) is 5.91 Å². The lowest BCUT2D eigenvalue weighted by atomic mass is 10.2. The van der Waals surface area contributed by atoms with Crippen LogP contribution in [0.4, 0.5) is 0 Å². The summed E-state index contributed by atoms with van der Waals surface area (Å²) >= 11 is 0. The van der Waals surface area contributed by atoms with Crippen LogP contribution in [0.3, 0.4) is 0 Å². The highest BCUT2D eigenvalue weighted by Crippen LogP contribution is 2.17. The van der Waals surface area contributed by atoms with Crippen LogP contribution in [0.2, 0.25) is 0 Å². The Morgan fingerprint density at radius 2 is 2.05 bits per heavy atom. The third-order valence-electron chi connectivity index (χ3n) is 3.25. The van der Waals surface area contributed by atoms with E-state index in [0.29, 0.717) is 12.2 Å². The topological polar surface area (TPSA) is 37.3 Å². The fourth-order valence-corrected chi connectivity index (χ4v) is 2.19. The smallest absolute Gasteiger partial charge is 0.267 e. The number of amides is 1. The molecule has 1 aromatic heterocycles. The third-order valence-corrected chi connectivity index (χ3v) is 3.25. The minimum Gasteiger partial charge on any atom is -0.351 e. The van der Waals surface area contributed by atoms with Crippen molar-refractivity contribution in [2.24, 2.45) is 7.05 Å². The first-order valence-corrected chi connectivity index (χ1v) is 6.57. The van der Waals surface area contributed by atoms with E-state index >= 15 is 0 Å². The molecule has 1 heterocycles. The molecule has 0 bridgehead atoms. The maximum absolute atomic E-state index is 12.1. The molecular weight excluding hydrogens is 238 g/mol. The molecule has 0 aliphatic heterocycles. The van der Waals surface area contributed by atoms with Gasteiger partial charge in [-0.2, -0.15) is 0 Å². The molecule has 0 fully saturated rings. The van der Waals surface area contributed by atoms with Crippen molar-refractivity contribution in [3.05, 3.63) is 36.0 Å². The molecule has 19 heavy (non-hydrogen) atoms. The summed E-state index contributed by atoms with van der Waals surface area (Å²) < 4.78 is 1.94. The van der Waals surface area contributed by atoms with Crippen LogP contribution in [0.5, 0.6) is 0 Å².